The van der Waals surface area contributed by atoms with Crippen molar-refractivity contribution >= 4 is 45.6 Å². The van der Waals surface area contributed by atoms with Gasteiger partial charge in [0, 0.05) is 21.7 Å². The number of aromatic nitrogens is 1. The topological polar surface area (TPSA) is 94.3 Å². The van der Waals surface area contributed by atoms with Gasteiger partial charge in [0.2, 0.25) is 0 Å². The molecule has 2 aromatic carbocycles. The summed E-state index contributed by atoms with van der Waals surface area (Å²) in [4.78, 5) is 28.9. The van der Waals surface area contributed by atoms with Gasteiger partial charge in [-0.25, -0.2) is 9.78 Å². The first-order chi connectivity index (χ1) is 12.9. The lowest BCUT2D eigenvalue weighted by atomic mass is 10.2. The summed E-state index contributed by atoms with van der Waals surface area (Å²) in [5.74, 6) is -1.18. The van der Waals surface area contributed by atoms with Crippen LogP contribution in [0.25, 0.3) is 11.3 Å². The summed E-state index contributed by atoms with van der Waals surface area (Å²) in [5, 5.41) is 5.33. The fourth-order valence-electron chi connectivity index (χ4n) is 2.28. The lowest BCUT2D eigenvalue weighted by Crippen LogP contribution is -2.30. The predicted octanol–water partition coefficient (Wildman–Crippen LogP) is 4.23. The van der Waals surface area contributed by atoms with Crippen LogP contribution in [0.15, 0.2) is 53.9 Å². The summed E-state index contributed by atoms with van der Waals surface area (Å²) in [7, 11) is 0. The van der Waals surface area contributed by atoms with E-state index < -0.39 is 18.0 Å². The lowest BCUT2D eigenvalue weighted by Gasteiger charge is -2.13. The molecule has 3 N–H and O–H groups in total. The van der Waals surface area contributed by atoms with E-state index in [0.717, 1.165) is 11.3 Å². The van der Waals surface area contributed by atoms with E-state index in [1.165, 1.54) is 36.5 Å². The minimum absolute atomic E-state index is 0.152. The molecule has 0 aliphatic heterocycles. The number of nitrogens with one attached hydrogen (secondary N) is 1. The average Bonchev–Trinajstić information content (AvgIpc) is 3.10. The van der Waals surface area contributed by atoms with Crippen LogP contribution in [-0.2, 0) is 9.53 Å². The second-order valence-electron chi connectivity index (χ2n) is 5.67. The number of benzene rings is 2. The van der Waals surface area contributed by atoms with E-state index in [4.69, 9.17) is 22.1 Å². The van der Waals surface area contributed by atoms with Gasteiger partial charge in [-0.15, -0.1) is 11.3 Å². The Labute approximate surface area is 164 Å². The molecule has 1 amide bonds. The van der Waals surface area contributed by atoms with Crippen LogP contribution in [0.4, 0.5) is 10.8 Å². The number of thiazole rings is 1. The first-order valence-corrected chi connectivity index (χ1v) is 9.27. The van der Waals surface area contributed by atoms with Crippen LogP contribution in [0.2, 0.25) is 5.02 Å². The second kappa shape index (κ2) is 8.20. The van der Waals surface area contributed by atoms with Gasteiger partial charge in [0.1, 0.15) is 0 Å². The van der Waals surface area contributed by atoms with Gasteiger partial charge in [0.15, 0.2) is 11.2 Å². The van der Waals surface area contributed by atoms with E-state index >= 15 is 0 Å². The molecule has 8 heteroatoms. The molecular weight excluding hydrogens is 386 g/mol. The Morgan fingerprint density at radius 2 is 1.96 bits per heavy atom. The van der Waals surface area contributed by atoms with Crippen LogP contribution in [-0.4, -0.2) is 23.0 Å². The zero-order valence-corrected chi connectivity index (χ0v) is 15.9. The van der Waals surface area contributed by atoms with Crippen molar-refractivity contribution in [3.8, 4) is 11.3 Å². The number of halogens is 1. The van der Waals surface area contributed by atoms with E-state index in [0.29, 0.717) is 10.2 Å². The Balaban J connectivity index is 1.62. The van der Waals surface area contributed by atoms with Crippen molar-refractivity contribution in [1.29, 1.82) is 0 Å². The zero-order valence-electron chi connectivity index (χ0n) is 14.3. The van der Waals surface area contributed by atoms with Crippen molar-refractivity contribution in [2.75, 3.05) is 11.1 Å². The highest BCUT2D eigenvalue weighted by molar-refractivity contribution is 7.14. The Kier molecular flexibility index (Phi) is 5.73. The first kappa shape index (κ1) is 18.9. The van der Waals surface area contributed by atoms with Gasteiger partial charge in [0.05, 0.1) is 11.3 Å². The molecule has 3 rings (SSSR count). The highest BCUT2D eigenvalue weighted by atomic mass is 35.5. The van der Waals surface area contributed by atoms with Gasteiger partial charge in [-0.1, -0.05) is 41.9 Å². The minimum Gasteiger partial charge on any atom is -0.449 e. The maximum Gasteiger partial charge on any atom is 0.341 e. The van der Waals surface area contributed by atoms with Gasteiger partial charge in [0.25, 0.3) is 5.91 Å². The largest absolute Gasteiger partial charge is 0.449 e. The number of nitrogen functional groups attached to an aromatic ring is 1. The van der Waals surface area contributed by atoms with Crippen LogP contribution in [0.1, 0.15) is 17.3 Å². The smallest absolute Gasteiger partial charge is 0.341 e. The molecular formula is C19H16ClN3O3S. The molecule has 27 heavy (non-hydrogen) atoms. The van der Waals surface area contributed by atoms with E-state index in [2.05, 4.69) is 10.3 Å². The Morgan fingerprint density at radius 1 is 1.22 bits per heavy atom. The molecule has 3 aromatic rings. The van der Waals surface area contributed by atoms with Crippen molar-refractivity contribution in [2.24, 2.45) is 0 Å². The normalized spacial score (nSPS) is 11.6. The third-order valence-corrected chi connectivity index (χ3v) is 4.68. The molecule has 0 spiro atoms. The number of nitrogens with two attached hydrogens (primary N) is 1. The SMILES string of the molecule is C[C@H](OC(=O)c1ccc(Cl)cc1N)C(=O)Nc1nc(-c2ccccc2)cs1. The average molecular weight is 402 g/mol. The van der Waals surface area contributed by atoms with Crippen LogP contribution in [0.5, 0.6) is 0 Å². The molecule has 0 unspecified atom stereocenters. The fraction of sp³-hybridized carbons (Fsp3) is 0.105. The maximum atomic E-state index is 12.3. The monoisotopic (exact) mass is 401 g/mol. The van der Waals surface area contributed by atoms with Crippen LogP contribution in [0, 0.1) is 0 Å². The third-order valence-electron chi connectivity index (χ3n) is 3.69. The number of amides is 1. The number of nitrogens with zero attached hydrogens (tertiary/aromatic N) is 1. The van der Waals surface area contributed by atoms with Gasteiger partial charge < -0.3 is 10.5 Å². The molecule has 6 nitrogen and oxygen atoms in total. The molecule has 0 fully saturated rings. The number of hydrogen-bond acceptors (Lipinski definition) is 6. The Morgan fingerprint density at radius 3 is 2.67 bits per heavy atom. The summed E-state index contributed by atoms with van der Waals surface area (Å²) in [5.41, 5.74) is 7.81. The number of hydrogen-bond donors (Lipinski definition) is 2. The van der Waals surface area contributed by atoms with Crippen LogP contribution < -0.4 is 11.1 Å². The Hall–Kier alpha value is -2.90. The van der Waals surface area contributed by atoms with Crippen molar-refractivity contribution in [3.05, 3.63) is 64.5 Å². The lowest BCUT2D eigenvalue weighted by molar-refractivity contribution is -0.123. The number of rotatable bonds is 5. The zero-order chi connectivity index (χ0) is 19.4. The predicted molar refractivity (Wildman–Crippen MR) is 107 cm³/mol. The minimum atomic E-state index is -1.02. The Bertz CT molecular complexity index is 975. The van der Waals surface area contributed by atoms with Crippen molar-refractivity contribution in [1.82, 2.24) is 4.98 Å². The van der Waals surface area contributed by atoms with E-state index in [-0.39, 0.29) is 11.3 Å². The summed E-state index contributed by atoms with van der Waals surface area (Å²) in [6.07, 6.45) is -1.02. The number of esters is 1. The molecule has 1 aromatic heterocycles. The molecule has 0 aliphatic carbocycles. The molecule has 138 valence electrons. The van der Waals surface area contributed by atoms with E-state index in [1.54, 1.807) is 0 Å². The van der Waals surface area contributed by atoms with Crippen LogP contribution >= 0.6 is 22.9 Å². The molecule has 1 heterocycles. The number of anilines is 2. The maximum absolute atomic E-state index is 12.3. The fourth-order valence-corrected chi connectivity index (χ4v) is 3.18. The van der Waals surface area contributed by atoms with Crippen molar-refractivity contribution in [3.63, 3.8) is 0 Å². The van der Waals surface area contributed by atoms with Gasteiger partial charge in [-0.3, -0.25) is 10.1 Å². The quantitative estimate of drug-likeness (QED) is 0.492. The summed E-state index contributed by atoms with van der Waals surface area (Å²) >= 11 is 7.10. The molecule has 1 atom stereocenters. The molecule has 0 saturated carbocycles. The highest BCUT2D eigenvalue weighted by Gasteiger charge is 2.21. The molecule has 0 saturated heterocycles. The van der Waals surface area contributed by atoms with Gasteiger partial charge in [-0.2, -0.15) is 0 Å². The highest BCUT2D eigenvalue weighted by Crippen LogP contribution is 2.25. The first-order valence-electron chi connectivity index (χ1n) is 8.02. The van der Waals surface area contributed by atoms with Gasteiger partial charge >= 0.3 is 5.97 Å². The van der Waals surface area contributed by atoms with E-state index in [1.807, 2.05) is 35.7 Å². The summed E-state index contributed by atoms with van der Waals surface area (Å²) in [6.45, 7) is 1.48. The van der Waals surface area contributed by atoms with E-state index in [9.17, 15) is 9.59 Å². The summed E-state index contributed by atoms with van der Waals surface area (Å²) < 4.78 is 5.19. The standard InChI is InChI=1S/C19H16ClN3O3S/c1-11(26-18(25)14-8-7-13(20)9-15(14)21)17(24)23-19-22-16(10-27-19)12-5-3-2-4-6-12/h2-11H,21H2,1H3,(H,22,23,24)/t11-/m0/s1. The third kappa shape index (κ3) is 4.64. The number of carbonyl (C=O) groups is 2. The number of carbonyl (C=O) groups excluding carboxylic acids is 2. The van der Waals surface area contributed by atoms with Crippen LogP contribution in [0.3, 0.4) is 0 Å². The molecule has 0 bridgehead atoms. The van der Waals surface area contributed by atoms with Crippen molar-refractivity contribution in [2.45, 2.75) is 13.0 Å². The second-order valence-corrected chi connectivity index (χ2v) is 6.97. The number of ether oxygens (including phenoxy) is 1. The molecule has 0 aliphatic rings. The molecule has 0 radical (unpaired) electrons. The summed E-state index contributed by atoms with van der Waals surface area (Å²) in [6, 6.07) is 14.0. The van der Waals surface area contributed by atoms with Gasteiger partial charge in [-0.05, 0) is 25.1 Å². The van der Waals surface area contributed by atoms with Crippen molar-refractivity contribution < 1.29 is 14.3 Å².